The zero-order valence-corrected chi connectivity index (χ0v) is 20.6. The van der Waals surface area contributed by atoms with E-state index < -0.39 is 7.04 Å². The number of methoxy groups -OCH3 is 2. The summed E-state index contributed by atoms with van der Waals surface area (Å²) in [5.41, 5.74) is 1.78. The molecule has 0 amide bonds. The largest absolute Gasteiger partial charge is 0.496 e. The number of nitrogens with zero attached hydrogens (tertiary/aromatic N) is 5. The monoisotopic (exact) mass is 516 g/mol. The summed E-state index contributed by atoms with van der Waals surface area (Å²) in [5, 5.41) is 6.38. The molecule has 1 aromatic carbocycles. The van der Waals surface area contributed by atoms with Crippen LogP contribution in [0.25, 0.3) is 27.4 Å². The zero-order valence-electron chi connectivity index (χ0n) is 21.9. The van der Waals surface area contributed by atoms with Crippen molar-refractivity contribution < 1.29 is 27.5 Å². The maximum Gasteiger partial charge on any atom is 0.294 e. The van der Waals surface area contributed by atoms with Crippen LogP contribution in [0.3, 0.4) is 0 Å². The molecular formula is C23H23N5O5S2. The van der Waals surface area contributed by atoms with Crippen LogP contribution in [0.15, 0.2) is 28.8 Å². The van der Waals surface area contributed by atoms with Gasteiger partial charge in [0.15, 0.2) is 10.9 Å². The Morgan fingerprint density at radius 3 is 2.83 bits per heavy atom. The van der Waals surface area contributed by atoms with Crippen LogP contribution in [0.5, 0.6) is 16.7 Å². The number of benzene rings is 1. The number of morpholine rings is 1. The van der Waals surface area contributed by atoms with Crippen LogP contribution < -0.4 is 19.1 Å². The molecule has 0 bridgehead atoms. The summed E-state index contributed by atoms with van der Waals surface area (Å²) < 4.78 is 52.2. The molecule has 0 saturated carbocycles. The fraction of sp³-hybridized carbons (Fsp3) is 0.348. The zero-order chi connectivity index (χ0) is 26.4. The van der Waals surface area contributed by atoms with Gasteiger partial charge in [-0.05, 0) is 24.3 Å². The summed E-state index contributed by atoms with van der Waals surface area (Å²) in [6, 6.07) is 4.89. The summed E-state index contributed by atoms with van der Waals surface area (Å²) in [6.45, 7) is 5.17. The molecule has 182 valence electrons. The summed E-state index contributed by atoms with van der Waals surface area (Å²) >= 11 is 2.92. The first-order valence-corrected chi connectivity index (χ1v) is 12.5. The molecule has 6 rings (SSSR count). The highest BCUT2D eigenvalue weighted by Crippen LogP contribution is 2.38. The van der Waals surface area contributed by atoms with Crippen LogP contribution in [0.1, 0.15) is 14.7 Å². The van der Waals surface area contributed by atoms with E-state index in [9.17, 15) is 0 Å². The van der Waals surface area contributed by atoms with Gasteiger partial charge in [-0.3, -0.25) is 0 Å². The molecule has 0 aliphatic carbocycles. The average molecular weight is 517 g/mol. The summed E-state index contributed by atoms with van der Waals surface area (Å²) in [5.74, 6) is 1.000. The number of anilines is 1. The highest BCUT2D eigenvalue weighted by Gasteiger charge is 2.20. The van der Waals surface area contributed by atoms with Crippen molar-refractivity contribution in [1.29, 1.82) is 0 Å². The predicted octanol–water partition coefficient (Wildman–Crippen LogP) is 4.40. The number of fused-ring (bicyclic) bond motifs is 2. The van der Waals surface area contributed by atoms with E-state index in [4.69, 9.17) is 32.5 Å². The topological polar surface area (TPSA) is 96.4 Å². The van der Waals surface area contributed by atoms with Gasteiger partial charge in [-0.1, -0.05) is 0 Å². The molecule has 1 saturated heterocycles. The molecule has 1 aliphatic heterocycles. The van der Waals surface area contributed by atoms with Crippen molar-refractivity contribution in [2.45, 2.75) is 13.5 Å². The Morgan fingerprint density at radius 1 is 1.14 bits per heavy atom. The smallest absolute Gasteiger partial charge is 0.294 e. The lowest BCUT2D eigenvalue weighted by Gasteiger charge is -2.26. The van der Waals surface area contributed by atoms with Gasteiger partial charge in [0.1, 0.15) is 29.4 Å². The molecule has 35 heavy (non-hydrogen) atoms. The number of aryl methyl sites for hydroxylation is 1. The van der Waals surface area contributed by atoms with E-state index in [1.54, 1.807) is 41.3 Å². The second-order valence-electron chi connectivity index (χ2n) is 7.86. The van der Waals surface area contributed by atoms with E-state index in [1.807, 2.05) is 6.92 Å². The third-order valence-corrected chi connectivity index (χ3v) is 7.63. The Labute approximate surface area is 212 Å². The Kier molecular flexibility index (Phi) is 4.88. The van der Waals surface area contributed by atoms with Crippen molar-refractivity contribution in [1.82, 2.24) is 19.6 Å². The standard InChI is InChI=1S/C23H23N5O5S2/c1-13-17(25-21(34-13)27-4-6-31-7-5-27)12-32-18-8-14(29-2)9-19-15(18)10-20(33-19)16-11-28-22(24-16)35-23(26-28)30-3/h8-11H,4-7,12H2,1-3H3/i2D3. The van der Waals surface area contributed by atoms with Crippen LogP contribution in [0.2, 0.25) is 0 Å². The van der Waals surface area contributed by atoms with Gasteiger partial charge in [0.2, 0.25) is 4.96 Å². The van der Waals surface area contributed by atoms with E-state index >= 15 is 0 Å². The predicted molar refractivity (Wildman–Crippen MR) is 133 cm³/mol. The van der Waals surface area contributed by atoms with Gasteiger partial charge in [0.25, 0.3) is 5.19 Å². The third-order valence-electron chi connectivity index (χ3n) is 5.67. The Hall–Kier alpha value is -3.35. The fourth-order valence-corrected chi connectivity index (χ4v) is 5.52. The molecule has 12 heteroatoms. The van der Waals surface area contributed by atoms with Crippen molar-refractivity contribution in [3.05, 3.63) is 35.0 Å². The first-order valence-electron chi connectivity index (χ1n) is 12.3. The lowest BCUT2D eigenvalue weighted by Crippen LogP contribution is -2.36. The lowest BCUT2D eigenvalue weighted by molar-refractivity contribution is 0.122. The molecule has 1 aliphatic rings. The number of rotatable bonds is 7. The van der Waals surface area contributed by atoms with E-state index in [0.717, 1.165) is 28.8 Å². The second kappa shape index (κ2) is 9.02. The third kappa shape index (κ3) is 4.17. The molecule has 5 aromatic rings. The van der Waals surface area contributed by atoms with Gasteiger partial charge in [-0.2, -0.15) is 0 Å². The maximum atomic E-state index is 7.52. The SMILES string of the molecule is [2H]C([2H])([2H])Oc1cc(OCc2nc(N3CCOCC3)sc2C)c2cc(-c3cn4nc(OC)sc4n3)oc2c1. The van der Waals surface area contributed by atoms with E-state index in [2.05, 4.69) is 15.0 Å². The Morgan fingerprint density at radius 2 is 2.03 bits per heavy atom. The number of hydrogen-bond donors (Lipinski definition) is 0. The van der Waals surface area contributed by atoms with Crippen LogP contribution in [0, 0.1) is 6.92 Å². The van der Waals surface area contributed by atoms with Crippen molar-refractivity contribution in [2.24, 2.45) is 0 Å². The molecule has 0 atom stereocenters. The molecule has 1 fully saturated rings. The fourth-order valence-electron chi connectivity index (χ4n) is 3.85. The number of imidazole rings is 1. The highest BCUT2D eigenvalue weighted by atomic mass is 32.1. The number of thiazole rings is 1. The average Bonchev–Trinajstić information content (AvgIpc) is 3.64. The van der Waals surface area contributed by atoms with Crippen molar-refractivity contribution in [2.75, 3.05) is 45.4 Å². The minimum Gasteiger partial charge on any atom is -0.496 e. The van der Waals surface area contributed by atoms with E-state index in [1.165, 1.54) is 17.4 Å². The quantitative estimate of drug-likeness (QED) is 0.312. The maximum absolute atomic E-state index is 7.52. The minimum absolute atomic E-state index is 0.106. The van der Waals surface area contributed by atoms with Crippen molar-refractivity contribution in [3.8, 4) is 28.1 Å². The van der Waals surface area contributed by atoms with Gasteiger partial charge in [0.05, 0.1) is 48.8 Å². The van der Waals surface area contributed by atoms with Crippen LogP contribution >= 0.6 is 22.7 Å². The molecule has 0 radical (unpaired) electrons. The number of aromatic nitrogens is 4. The number of furan rings is 1. The van der Waals surface area contributed by atoms with Crippen LogP contribution in [-0.4, -0.2) is 60.0 Å². The molecule has 10 nitrogen and oxygen atoms in total. The van der Waals surface area contributed by atoms with Gasteiger partial charge < -0.3 is 28.3 Å². The highest BCUT2D eigenvalue weighted by molar-refractivity contribution is 7.18. The van der Waals surface area contributed by atoms with Crippen LogP contribution in [-0.2, 0) is 11.3 Å². The molecule has 0 unspecified atom stereocenters. The summed E-state index contributed by atoms with van der Waals surface area (Å²) in [4.78, 5) is 13.3. The number of hydrogen-bond acceptors (Lipinski definition) is 11. The van der Waals surface area contributed by atoms with Gasteiger partial charge >= 0.3 is 0 Å². The Bertz CT molecular complexity index is 1570. The summed E-state index contributed by atoms with van der Waals surface area (Å²) in [6.07, 6.45) is 1.73. The van der Waals surface area contributed by atoms with Gasteiger partial charge in [-0.15, -0.1) is 16.4 Å². The first kappa shape index (κ1) is 18.9. The second-order valence-corrected chi connectivity index (χ2v) is 9.96. The molecular weight excluding hydrogens is 490 g/mol. The van der Waals surface area contributed by atoms with Gasteiger partial charge in [-0.25, -0.2) is 14.5 Å². The molecule has 4 aromatic heterocycles. The number of ether oxygens (including phenoxy) is 4. The van der Waals surface area contributed by atoms with Gasteiger partial charge in [0, 0.05) is 30.1 Å². The van der Waals surface area contributed by atoms with Crippen LogP contribution in [0.4, 0.5) is 5.13 Å². The van der Waals surface area contributed by atoms with E-state index in [-0.39, 0.29) is 12.4 Å². The van der Waals surface area contributed by atoms with E-state index in [0.29, 0.717) is 51.5 Å². The van der Waals surface area contributed by atoms with Crippen molar-refractivity contribution >= 4 is 43.7 Å². The molecule has 0 N–H and O–H groups in total. The summed E-state index contributed by atoms with van der Waals surface area (Å²) in [7, 11) is -1.08. The van der Waals surface area contributed by atoms with Crippen molar-refractivity contribution in [3.63, 3.8) is 0 Å². The minimum atomic E-state index is -2.63. The lowest BCUT2D eigenvalue weighted by atomic mass is 10.2. The molecule has 0 spiro atoms. The Balaban J connectivity index is 1.32. The molecule has 5 heterocycles. The first-order chi connectivity index (χ1) is 18.3. The normalized spacial score (nSPS) is 15.8.